The zero-order chi connectivity index (χ0) is 17.2. The van der Waals surface area contributed by atoms with Crippen molar-refractivity contribution in [1.29, 1.82) is 5.26 Å². The number of nitrogens with one attached hydrogen (secondary N) is 1. The van der Waals surface area contributed by atoms with Gasteiger partial charge in [0.25, 0.3) is 5.91 Å². The molecule has 0 saturated carbocycles. The van der Waals surface area contributed by atoms with Gasteiger partial charge in [-0.05, 0) is 29.9 Å². The minimum absolute atomic E-state index is 0.0311. The molecule has 1 aliphatic rings. The maximum absolute atomic E-state index is 12.6. The van der Waals surface area contributed by atoms with Crippen molar-refractivity contribution < 1.29 is 9.72 Å². The van der Waals surface area contributed by atoms with Crippen LogP contribution < -0.4 is 0 Å². The third-order valence-corrected chi connectivity index (χ3v) is 4.13. The van der Waals surface area contributed by atoms with Gasteiger partial charge in [0.05, 0.1) is 17.8 Å². The number of hydrogen-bond donors (Lipinski definition) is 1. The van der Waals surface area contributed by atoms with Crippen LogP contribution in [0.5, 0.6) is 0 Å². The summed E-state index contributed by atoms with van der Waals surface area (Å²) >= 11 is 0. The summed E-state index contributed by atoms with van der Waals surface area (Å²) in [6.07, 6.45) is 2.86. The van der Waals surface area contributed by atoms with Crippen LogP contribution in [0.3, 0.4) is 0 Å². The van der Waals surface area contributed by atoms with Crippen LogP contribution in [0.1, 0.15) is 29.0 Å². The van der Waals surface area contributed by atoms with E-state index >= 15 is 0 Å². The predicted octanol–water partition coefficient (Wildman–Crippen LogP) is 1.41. The number of likely N-dealkylation sites (tertiary alicyclic amines) is 1. The van der Waals surface area contributed by atoms with Gasteiger partial charge in [-0.15, -0.1) is 5.10 Å². The molecular weight excluding hydrogens is 312 g/mol. The molecule has 0 bridgehead atoms. The minimum atomic E-state index is -0.878. The van der Waals surface area contributed by atoms with Gasteiger partial charge in [-0.2, -0.15) is 5.26 Å². The summed E-state index contributed by atoms with van der Waals surface area (Å²) in [4.78, 5) is 28.4. The molecule has 3 heterocycles. The van der Waals surface area contributed by atoms with E-state index < -0.39 is 16.2 Å². The van der Waals surface area contributed by atoms with Gasteiger partial charge in [-0.1, -0.05) is 11.2 Å². The van der Waals surface area contributed by atoms with E-state index in [9.17, 15) is 20.2 Å². The van der Waals surface area contributed by atoms with Gasteiger partial charge in [0.15, 0.2) is 5.69 Å². The number of hydrogen-bond acceptors (Lipinski definition) is 6. The van der Waals surface area contributed by atoms with Crippen molar-refractivity contribution in [3.05, 3.63) is 52.0 Å². The molecule has 1 aliphatic heterocycles. The van der Waals surface area contributed by atoms with Crippen molar-refractivity contribution in [3.63, 3.8) is 0 Å². The van der Waals surface area contributed by atoms with Crippen LogP contribution in [-0.2, 0) is 5.41 Å². The lowest BCUT2D eigenvalue weighted by Gasteiger charge is -2.37. The molecule has 0 spiro atoms. The van der Waals surface area contributed by atoms with Crippen LogP contribution in [0.4, 0.5) is 5.82 Å². The molecule has 2 aromatic heterocycles. The molecule has 0 aromatic carbocycles. The van der Waals surface area contributed by atoms with E-state index in [1.165, 1.54) is 4.90 Å². The molecule has 24 heavy (non-hydrogen) atoms. The van der Waals surface area contributed by atoms with E-state index in [2.05, 4.69) is 21.3 Å². The smallest absolute Gasteiger partial charge is 0.343 e. The van der Waals surface area contributed by atoms with Crippen molar-refractivity contribution >= 4 is 11.7 Å². The summed E-state index contributed by atoms with van der Waals surface area (Å²) in [6.45, 7) is 0.649. The number of pyridine rings is 1. The number of aromatic nitrogens is 3. The summed E-state index contributed by atoms with van der Waals surface area (Å²) < 4.78 is 0. The highest BCUT2D eigenvalue weighted by Gasteiger charge is 2.41. The Bertz CT molecular complexity index is 812. The quantitative estimate of drug-likeness (QED) is 0.670. The van der Waals surface area contributed by atoms with Crippen LogP contribution in [0.15, 0.2) is 30.5 Å². The SMILES string of the molecule is N#CC1(c2ccccn2)CCCN(C(=O)c2cc([N+](=O)[O-])[nH]n2)C1. The summed E-state index contributed by atoms with van der Waals surface area (Å²) in [6, 6.07) is 8.75. The number of piperidine rings is 1. The Labute approximate surface area is 137 Å². The van der Waals surface area contributed by atoms with Crippen molar-refractivity contribution in [3.8, 4) is 6.07 Å². The van der Waals surface area contributed by atoms with Crippen molar-refractivity contribution in [2.24, 2.45) is 0 Å². The van der Waals surface area contributed by atoms with Crippen LogP contribution in [-0.4, -0.2) is 44.0 Å². The zero-order valence-electron chi connectivity index (χ0n) is 12.7. The predicted molar refractivity (Wildman–Crippen MR) is 81.9 cm³/mol. The van der Waals surface area contributed by atoms with Gasteiger partial charge in [-0.3, -0.25) is 9.78 Å². The van der Waals surface area contributed by atoms with Gasteiger partial charge in [-0.25, -0.2) is 0 Å². The van der Waals surface area contributed by atoms with Crippen molar-refractivity contribution in [2.45, 2.75) is 18.3 Å². The number of carbonyl (C=O) groups is 1. The Morgan fingerprint density at radius 3 is 2.96 bits per heavy atom. The Morgan fingerprint density at radius 1 is 1.50 bits per heavy atom. The molecule has 9 nitrogen and oxygen atoms in total. The highest BCUT2D eigenvalue weighted by molar-refractivity contribution is 5.93. The van der Waals surface area contributed by atoms with Gasteiger partial charge in [0, 0.05) is 19.3 Å². The van der Waals surface area contributed by atoms with Crippen LogP contribution >= 0.6 is 0 Å². The summed E-state index contributed by atoms with van der Waals surface area (Å²) in [7, 11) is 0. The Balaban J connectivity index is 1.85. The lowest BCUT2D eigenvalue weighted by Crippen LogP contribution is -2.48. The Morgan fingerprint density at radius 2 is 2.33 bits per heavy atom. The molecule has 1 unspecified atom stereocenters. The maximum Gasteiger partial charge on any atom is 0.343 e. The molecule has 1 fully saturated rings. The Kier molecular flexibility index (Phi) is 3.95. The standard InChI is InChI=1S/C15H14N6O3/c16-9-15(12-4-1-2-6-17-12)5-3-7-20(10-15)14(22)11-8-13(19-18-11)21(23)24/h1-2,4,6,8H,3,5,7,10H2,(H,18,19). The molecule has 0 aliphatic carbocycles. The van der Waals surface area contributed by atoms with Gasteiger partial charge >= 0.3 is 5.82 Å². The number of carbonyl (C=O) groups excluding carboxylic acids is 1. The summed E-state index contributed by atoms with van der Waals surface area (Å²) in [5.41, 5.74) is -0.285. The van der Waals surface area contributed by atoms with Crippen molar-refractivity contribution in [2.75, 3.05) is 13.1 Å². The normalized spacial score (nSPS) is 20.4. The number of aromatic amines is 1. The number of amides is 1. The van der Waals surface area contributed by atoms with E-state index in [0.717, 1.165) is 6.07 Å². The van der Waals surface area contributed by atoms with Crippen LogP contribution in [0.25, 0.3) is 0 Å². The van der Waals surface area contributed by atoms with Gasteiger partial charge < -0.3 is 15.0 Å². The first kappa shape index (κ1) is 15.6. The third-order valence-electron chi connectivity index (χ3n) is 4.13. The first-order chi connectivity index (χ1) is 11.6. The number of H-pyrrole nitrogens is 1. The first-order valence-electron chi connectivity index (χ1n) is 7.37. The third kappa shape index (κ3) is 2.69. The van der Waals surface area contributed by atoms with Gasteiger partial charge in [0.2, 0.25) is 0 Å². The fraction of sp³-hybridized carbons (Fsp3) is 0.333. The molecule has 1 atom stereocenters. The molecule has 0 radical (unpaired) electrons. The Hall–Kier alpha value is -3.28. The molecule has 1 N–H and O–H groups in total. The summed E-state index contributed by atoms with van der Waals surface area (Å²) in [5.74, 6) is -0.777. The average Bonchev–Trinajstić information content (AvgIpc) is 3.12. The lowest BCUT2D eigenvalue weighted by atomic mass is 9.78. The molecule has 9 heteroatoms. The highest BCUT2D eigenvalue weighted by atomic mass is 16.6. The second-order valence-corrected chi connectivity index (χ2v) is 5.63. The number of rotatable bonds is 3. The van der Waals surface area contributed by atoms with Gasteiger partial charge in [0.1, 0.15) is 5.41 Å². The van der Waals surface area contributed by atoms with Crippen LogP contribution in [0, 0.1) is 21.4 Å². The number of nitriles is 1. The van der Waals surface area contributed by atoms with E-state index in [1.807, 2.05) is 0 Å². The molecule has 1 amide bonds. The van der Waals surface area contributed by atoms with E-state index in [0.29, 0.717) is 25.1 Å². The second kappa shape index (κ2) is 6.08. The first-order valence-corrected chi connectivity index (χ1v) is 7.37. The maximum atomic E-state index is 12.6. The fourth-order valence-electron chi connectivity index (χ4n) is 2.91. The van der Waals surface area contributed by atoms with E-state index in [4.69, 9.17) is 0 Å². The largest absolute Gasteiger partial charge is 0.358 e. The van der Waals surface area contributed by atoms with E-state index in [-0.39, 0.29) is 18.1 Å². The fourth-order valence-corrected chi connectivity index (χ4v) is 2.91. The lowest BCUT2D eigenvalue weighted by molar-refractivity contribution is -0.389. The molecule has 1 saturated heterocycles. The summed E-state index contributed by atoms with van der Waals surface area (Å²) in [5, 5.41) is 26.3. The monoisotopic (exact) mass is 326 g/mol. The number of nitrogens with zero attached hydrogens (tertiary/aromatic N) is 5. The highest BCUT2D eigenvalue weighted by Crippen LogP contribution is 2.33. The number of nitro groups is 1. The molecule has 122 valence electrons. The minimum Gasteiger partial charge on any atom is -0.358 e. The van der Waals surface area contributed by atoms with Crippen LogP contribution in [0.2, 0.25) is 0 Å². The molecular formula is C15H14N6O3. The topological polar surface area (TPSA) is 129 Å². The zero-order valence-corrected chi connectivity index (χ0v) is 12.7. The van der Waals surface area contributed by atoms with E-state index in [1.54, 1.807) is 24.4 Å². The molecule has 2 aromatic rings. The van der Waals surface area contributed by atoms with Crippen molar-refractivity contribution in [1.82, 2.24) is 20.1 Å². The molecule has 3 rings (SSSR count). The second-order valence-electron chi connectivity index (χ2n) is 5.63. The average molecular weight is 326 g/mol.